The summed E-state index contributed by atoms with van der Waals surface area (Å²) in [6.45, 7) is 0. The van der Waals surface area contributed by atoms with Crippen molar-refractivity contribution in [2.75, 3.05) is 0 Å². The summed E-state index contributed by atoms with van der Waals surface area (Å²) in [5.74, 6) is 0. The van der Waals surface area contributed by atoms with Crippen LogP contribution in [0.15, 0.2) is 48.5 Å². The molecule has 2 rings (SSSR count). The van der Waals surface area contributed by atoms with Gasteiger partial charge in [-0.25, -0.2) is 0 Å². The topological polar surface area (TPSA) is 0 Å². The van der Waals surface area contributed by atoms with Crippen molar-refractivity contribution in [2.45, 2.75) is 0 Å². The molecule has 0 nitrogen and oxygen atoms in total. The van der Waals surface area contributed by atoms with Gasteiger partial charge < -0.3 is 0 Å². The summed E-state index contributed by atoms with van der Waals surface area (Å²) >= 11 is 14.8. The third kappa shape index (κ3) is 2.75. The van der Waals surface area contributed by atoms with Gasteiger partial charge >= 0.3 is 113 Å². The Morgan fingerprint density at radius 1 is 0.688 bits per heavy atom. The van der Waals surface area contributed by atoms with E-state index in [-0.39, 0.29) is 0 Å². The van der Waals surface area contributed by atoms with Gasteiger partial charge in [0.05, 0.1) is 0 Å². The van der Waals surface area contributed by atoms with Crippen molar-refractivity contribution in [3.63, 3.8) is 0 Å². The predicted octanol–water partition coefficient (Wildman–Crippen LogP) is 3.73. The SMILES string of the molecule is Clc1ccc(C(=[Se])c2ccc(Cl)cc2)cc1. The second-order valence-electron chi connectivity index (χ2n) is 3.34. The fourth-order valence-electron chi connectivity index (χ4n) is 1.37. The number of rotatable bonds is 2. The van der Waals surface area contributed by atoms with E-state index >= 15 is 0 Å². The first-order valence-corrected chi connectivity index (χ1v) is 6.34. The molecule has 0 aromatic heterocycles. The van der Waals surface area contributed by atoms with Gasteiger partial charge in [0.25, 0.3) is 0 Å². The second-order valence-corrected chi connectivity index (χ2v) is 5.07. The van der Waals surface area contributed by atoms with E-state index in [9.17, 15) is 0 Å². The van der Waals surface area contributed by atoms with Crippen molar-refractivity contribution < 1.29 is 0 Å². The van der Waals surface area contributed by atoms with E-state index in [0.29, 0.717) is 0 Å². The maximum atomic E-state index is 5.85. The molecule has 0 aliphatic rings. The van der Waals surface area contributed by atoms with E-state index in [0.717, 1.165) is 25.6 Å². The van der Waals surface area contributed by atoms with Crippen molar-refractivity contribution in [3.8, 4) is 0 Å². The van der Waals surface area contributed by atoms with E-state index < -0.39 is 0 Å². The third-order valence-corrected chi connectivity index (χ3v) is 3.71. The first-order valence-electron chi connectivity index (χ1n) is 4.72. The first kappa shape index (κ1) is 11.9. The van der Waals surface area contributed by atoms with Crippen LogP contribution in [0.3, 0.4) is 0 Å². The molecule has 0 radical (unpaired) electrons. The van der Waals surface area contributed by atoms with Crippen LogP contribution in [0.4, 0.5) is 0 Å². The molecule has 0 spiro atoms. The Hall–Kier alpha value is -0.591. The van der Waals surface area contributed by atoms with Crippen LogP contribution in [0, 0.1) is 0 Å². The Balaban J connectivity index is 2.32. The fraction of sp³-hybridized carbons (Fsp3) is 0. The van der Waals surface area contributed by atoms with Crippen LogP contribution in [0.1, 0.15) is 11.1 Å². The maximum absolute atomic E-state index is 5.85. The van der Waals surface area contributed by atoms with Crippen LogP contribution in [0.25, 0.3) is 0 Å². The number of halogens is 2. The van der Waals surface area contributed by atoms with Crippen LogP contribution in [0.2, 0.25) is 10.0 Å². The molecule has 0 aliphatic heterocycles. The van der Waals surface area contributed by atoms with Crippen LogP contribution < -0.4 is 0 Å². The normalized spacial score (nSPS) is 10.1. The van der Waals surface area contributed by atoms with Crippen LogP contribution in [-0.2, 0) is 0 Å². The van der Waals surface area contributed by atoms with Gasteiger partial charge in [-0.15, -0.1) is 0 Å². The molecule has 0 heterocycles. The summed E-state index contributed by atoms with van der Waals surface area (Å²) in [5, 5.41) is 1.49. The molecular formula is C13H8Cl2Se. The molecule has 0 aliphatic carbocycles. The zero-order chi connectivity index (χ0) is 11.5. The molecule has 3 heteroatoms. The third-order valence-electron chi connectivity index (χ3n) is 2.21. The van der Waals surface area contributed by atoms with Crippen molar-refractivity contribution in [2.24, 2.45) is 0 Å². The van der Waals surface area contributed by atoms with Crippen LogP contribution in [-0.4, -0.2) is 20.0 Å². The molecule has 0 amide bonds. The summed E-state index contributed by atoms with van der Waals surface area (Å²) in [6.07, 6.45) is 0. The van der Waals surface area contributed by atoms with E-state index in [2.05, 4.69) is 15.6 Å². The van der Waals surface area contributed by atoms with Crippen molar-refractivity contribution in [3.05, 3.63) is 69.7 Å². The Morgan fingerprint density at radius 3 is 1.31 bits per heavy atom. The molecule has 0 fully saturated rings. The molecule has 2 aromatic carbocycles. The van der Waals surface area contributed by atoms with E-state index in [1.165, 1.54) is 0 Å². The first-order chi connectivity index (χ1) is 7.66. The quantitative estimate of drug-likeness (QED) is 0.741. The minimum absolute atomic E-state index is 0.743. The Labute approximate surface area is 113 Å². The van der Waals surface area contributed by atoms with Crippen LogP contribution >= 0.6 is 23.2 Å². The average Bonchev–Trinajstić information content (AvgIpc) is 2.30. The zero-order valence-electron chi connectivity index (χ0n) is 8.28. The Morgan fingerprint density at radius 2 is 1.00 bits per heavy atom. The molecule has 0 N–H and O–H groups in total. The molecule has 0 bridgehead atoms. The standard InChI is InChI=1S/C13H8Cl2Se/c14-11-5-1-9(2-6-11)13(16)10-3-7-12(15)8-4-10/h1-8H. The molecule has 0 saturated heterocycles. The summed E-state index contributed by atoms with van der Waals surface area (Å²) in [7, 11) is 0. The van der Waals surface area contributed by atoms with Gasteiger partial charge in [0.15, 0.2) is 0 Å². The van der Waals surface area contributed by atoms with Gasteiger partial charge in [0, 0.05) is 0 Å². The van der Waals surface area contributed by atoms with Crippen LogP contribution in [0.5, 0.6) is 0 Å². The molecule has 2 aromatic rings. The monoisotopic (exact) mass is 314 g/mol. The second kappa shape index (κ2) is 5.16. The Kier molecular flexibility index (Phi) is 3.83. The Bertz CT molecular complexity index is 453. The summed E-state index contributed by atoms with van der Waals surface area (Å²) in [4.78, 5) is 0. The van der Waals surface area contributed by atoms with Gasteiger partial charge in [0.2, 0.25) is 0 Å². The van der Waals surface area contributed by atoms with Gasteiger partial charge in [0.1, 0.15) is 0 Å². The van der Waals surface area contributed by atoms with E-state index in [4.69, 9.17) is 23.2 Å². The molecular weight excluding hydrogens is 306 g/mol. The van der Waals surface area contributed by atoms with E-state index in [1.807, 2.05) is 48.5 Å². The molecule has 0 saturated carbocycles. The van der Waals surface area contributed by atoms with Gasteiger partial charge in [-0.2, -0.15) is 0 Å². The van der Waals surface area contributed by atoms with Crippen molar-refractivity contribution >= 4 is 43.2 Å². The summed E-state index contributed by atoms with van der Waals surface area (Å²) in [6, 6.07) is 15.5. The number of benzene rings is 2. The van der Waals surface area contributed by atoms with E-state index in [1.54, 1.807) is 0 Å². The predicted molar refractivity (Wildman–Crippen MR) is 71.9 cm³/mol. The van der Waals surface area contributed by atoms with Gasteiger partial charge in [-0.05, 0) is 0 Å². The molecule has 80 valence electrons. The number of hydrogen-bond donors (Lipinski definition) is 0. The zero-order valence-corrected chi connectivity index (χ0v) is 11.5. The van der Waals surface area contributed by atoms with Gasteiger partial charge in [-0.3, -0.25) is 0 Å². The molecule has 16 heavy (non-hydrogen) atoms. The molecule has 0 unspecified atom stereocenters. The average molecular weight is 314 g/mol. The summed E-state index contributed by atoms with van der Waals surface area (Å²) in [5.41, 5.74) is 2.23. The van der Waals surface area contributed by atoms with Gasteiger partial charge in [-0.1, -0.05) is 0 Å². The van der Waals surface area contributed by atoms with Crippen molar-refractivity contribution in [1.82, 2.24) is 0 Å². The molecule has 0 atom stereocenters. The van der Waals surface area contributed by atoms with Crippen molar-refractivity contribution in [1.29, 1.82) is 0 Å². The summed E-state index contributed by atoms with van der Waals surface area (Å²) < 4.78 is 1.09. The minimum atomic E-state index is 0.743. The fourth-order valence-corrected chi connectivity index (χ4v) is 2.19. The number of hydrogen-bond acceptors (Lipinski definition) is 0.